The van der Waals surface area contributed by atoms with Gasteiger partial charge in [-0.25, -0.2) is 9.48 Å². The van der Waals surface area contributed by atoms with E-state index in [4.69, 9.17) is 9.84 Å². The van der Waals surface area contributed by atoms with Crippen molar-refractivity contribution in [3.05, 3.63) is 111 Å². The summed E-state index contributed by atoms with van der Waals surface area (Å²) in [6, 6.07) is 25.2. The SMILES string of the molecule is CCn1c(CCCc2ccc(-c3ccc(C4(O)COC4)cc3)cc2)nn(Cc2ccc(C(C)(C)C)cc2)c1=O. The fourth-order valence-corrected chi connectivity index (χ4v) is 5.12. The Balaban J connectivity index is 1.19. The van der Waals surface area contributed by atoms with E-state index in [1.165, 1.54) is 11.1 Å². The number of rotatable bonds is 9. The third-order valence-electron chi connectivity index (χ3n) is 7.72. The predicted molar refractivity (Wildman–Crippen MR) is 155 cm³/mol. The first kappa shape index (κ1) is 27.1. The van der Waals surface area contributed by atoms with Gasteiger partial charge in [-0.2, -0.15) is 5.10 Å². The van der Waals surface area contributed by atoms with Gasteiger partial charge in [0.1, 0.15) is 11.4 Å². The molecule has 0 aliphatic carbocycles. The topological polar surface area (TPSA) is 69.3 Å². The maximum atomic E-state index is 13.0. The Labute approximate surface area is 230 Å². The molecule has 3 aromatic carbocycles. The summed E-state index contributed by atoms with van der Waals surface area (Å²) in [5.41, 5.74) is 6.03. The molecule has 0 unspecified atom stereocenters. The number of hydrogen-bond donors (Lipinski definition) is 1. The Morgan fingerprint density at radius 3 is 2.00 bits per heavy atom. The molecular weight excluding hydrogens is 486 g/mol. The molecular formula is C33H39N3O3. The van der Waals surface area contributed by atoms with Crippen LogP contribution in [0.5, 0.6) is 0 Å². The maximum absolute atomic E-state index is 13.0. The highest BCUT2D eigenvalue weighted by atomic mass is 16.5. The van der Waals surface area contributed by atoms with E-state index in [1.54, 1.807) is 9.25 Å². The van der Waals surface area contributed by atoms with Gasteiger partial charge in [0.2, 0.25) is 0 Å². The molecule has 1 saturated heterocycles. The van der Waals surface area contributed by atoms with Crippen molar-refractivity contribution in [1.82, 2.24) is 14.3 Å². The van der Waals surface area contributed by atoms with E-state index in [9.17, 15) is 9.90 Å². The number of nitrogens with zero attached hydrogens (tertiary/aromatic N) is 3. The Kier molecular flexibility index (Phi) is 7.61. The van der Waals surface area contributed by atoms with Crippen molar-refractivity contribution in [1.29, 1.82) is 0 Å². The van der Waals surface area contributed by atoms with Gasteiger partial charge >= 0.3 is 5.69 Å². The lowest BCUT2D eigenvalue weighted by atomic mass is 9.87. The zero-order valence-electron chi connectivity index (χ0n) is 23.5. The molecule has 1 aliphatic heterocycles. The van der Waals surface area contributed by atoms with E-state index >= 15 is 0 Å². The Bertz CT molecular complexity index is 1450. The minimum Gasteiger partial charge on any atom is -0.380 e. The summed E-state index contributed by atoms with van der Waals surface area (Å²) in [6.45, 7) is 10.4. The molecule has 0 spiro atoms. The van der Waals surface area contributed by atoms with E-state index in [-0.39, 0.29) is 11.1 Å². The summed E-state index contributed by atoms with van der Waals surface area (Å²) < 4.78 is 8.56. The average Bonchev–Trinajstić information content (AvgIpc) is 3.21. The predicted octanol–water partition coefficient (Wildman–Crippen LogP) is 5.47. The van der Waals surface area contributed by atoms with Crippen molar-refractivity contribution < 1.29 is 9.84 Å². The first-order valence-electron chi connectivity index (χ1n) is 13.9. The first-order valence-corrected chi connectivity index (χ1v) is 13.9. The van der Waals surface area contributed by atoms with Crippen LogP contribution in [0, 0.1) is 0 Å². The molecule has 6 heteroatoms. The van der Waals surface area contributed by atoms with Gasteiger partial charge in [0, 0.05) is 13.0 Å². The van der Waals surface area contributed by atoms with Crippen molar-refractivity contribution in [3.63, 3.8) is 0 Å². The van der Waals surface area contributed by atoms with E-state index in [1.807, 2.05) is 19.1 Å². The molecule has 0 amide bonds. The van der Waals surface area contributed by atoms with E-state index in [0.717, 1.165) is 47.3 Å². The lowest BCUT2D eigenvalue weighted by molar-refractivity contribution is -0.184. The summed E-state index contributed by atoms with van der Waals surface area (Å²) >= 11 is 0. The van der Waals surface area contributed by atoms with Crippen LogP contribution >= 0.6 is 0 Å². The number of aliphatic hydroxyl groups is 1. The molecule has 0 saturated carbocycles. The Hall–Kier alpha value is -3.48. The molecule has 1 fully saturated rings. The van der Waals surface area contributed by atoms with E-state index < -0.39 is 5.60 Å². The zero-order chi connectivity index (χ0) is 27.6. The van der Waals surface area contributed by atoms with E-state index in [0.29, 0.717) is 26.3 Å². The second kappa shape index (κ2) is 10.9. The van der Waals surface area contributed by atoms with Crippen LogP contribution in [0.2, 0.25) is 0 Å². The molecule has 1 N–H and O–H groups in total. The quantitative estimate of drug-likeness (QED) is 0.315. The standard InChI is InChI=1S/C33H39N3O3/c1-5-35-30(34-36(31(35)37)21-25-11-17-28(18-12-25)32(2,3)4)8-6-7-24-9-13-26(14-10-24)27-15-19-29(20-16-27)33(38)22-39-23-33/h9-20,38H,5-8,21-23H2,1-4H3. The van der Waals surface area contributed by atoms with Crippen molar-refractivity contribution in [2.75, 3.05) is 13.2 Å². The third-order valence-corrected chi connectivity index (χ3v) is 7.72. The zero-order valence-corrected chi connectivity index (χ0v) is 23.5. The number of aromatic nitrogens is 3. The number of benzene rings is 3. The van der Waals surface area contributed by atoms with Crippen LogP contribution in [-0.4, -0.2) is 32.7 Å². The molecule has 1 aromatic heterocycles. The summed E-state index contributed by atoms with van der Waals surface area (Å²) in [6.07, 6.45) is 2.60. The molecule has 2 heterocycles. The maximum Gasteiger partial charge on any atom is 0.346 e. The van der Waals surface area contributed by atoms with Crippen molar-refractivity contribution in [3.8, 4) is 11.1 Å². The van der Waals surface area contributed by atoms with Gasteiger partial charge < -0.3 is 9.84 Å². The van der Waals surface area contributed by atoms with Crippen LogP contribution in [0.25, 0.3) is 11.1 Å². The van der Waals surface area contributed by atoms with Gasteiger partial charge in [-0.15, -0.1) is 0 Å². The lowest BCUT2D eigenvalue weighted by Crippen LogP contribution is -2.46. The molecule has 5 rings (SSSR count). The molecule has 4 aromatic rings. The van der Waals surface area contributed by atoms with Crippen LogP contribution in [-0.2, 0) is 41.7 Å². The Morgan fingerprint density at radius 1 is 0.872 bits per heavy atom. The summed E-state index contributed by atoms with van der Waals surface area (Å²) in [5.74, 6) is 0.851. The average molecular weight is 526 g/mol. The highest BCUT2D eigenvalue weighted by Gasteiger charge is 2.37. The third kappa shape index (κ3) is 5.92. The van der Waals surface area contributed by atoms with Crippen LogP contribution in [0.15, 0.2) is 77.6 Å². The van der Waals surface area contributed by atoms with Crippen molar-refractivity contribution >= 4 is 0 Å². The summed E-state index contributed by atoms with van der Waals surface area (Å²) in [7, 11) is 0. The van der Waals surface area contributed by atoms with Gasteiger partial charge in [0.25, 0.3) is 0 Å². The van der Waals surface area contributed by atoms with Crippen LogP contribution in [0.3, 0.4) is 0 Å². The molecule has 204 valence electrons. The minimum atomic E-state index is -0.835. The van der Waals surface area contributed by atoms with Gasteiger partial charge in [-0.1, -0.05) is 93.6 Å². The fraction of sp³-hybridized carbons (Fsp3) is 0.394. The van der Waals surface area contributed by atoms with Crippen LogP contribution in [0.1, 0.15) is 62.2 Å². The first-order chi connectivity index (χ1) is 18.7. The van der Waals surface area contributed by atoms with Gasteiger partial charge in [-0.05, 0) is 58.6 Å². The summed E-state index contributed by atoms with van der Waals surface area (Å²) in [4.78, 5) is 13.0. The van der Waals surface area contributed by atoms with Gasteiger partial charge in [-0.3, -0.25) is 4.57 Å². The van der Waals surface area contributed by atoms with Gasteiger partial charge in [0.15, 0.2) is 0 Å². The molecule has 6 nitrogen and oxygen atoms in total. The highest BCUT2D eigenvalue weighted by Crippen LogP contribution is 2.31. The molecule has 39 heavy (non-hydrogen) atoms. The molecule has 1 aliphatic rings. The fourth-order valence-electron chi connectivity index (χ4n) is 5.12. The lowest BCUT2D eigenvalue weighted by Gasteiger charge is -2.36. The van der Waals surface area contributed by atoms with Gasteiger partial charge in [0.05, 0.1) is 19.8 Å². The number of hydrogen-bond acceptors (Lipinski definition) is 4. The van der Waals surface area contributed by atoms with Crippen LogP contribution in [0.4, 0.5) is 0 Å². The van der Waals surface area contributed by atoms with Crippen molar-refractivity contribution in [2.24, 2.45) is 0 Å². The number of aryl methyl sites for hydroxylation is 2. The smallest absolute Gasteiger partial charge is 0.346 e. The van der Waals surface area contributed by atoms with Crippen molar-refractivity contribution in [2.45, 2.75) is 71.1 Å². The van der Waals surface area contributed by atoms with E-state index in [2.05, 4.69) is 81.4 Å². The molecule has 0 radical (unpaired) electrons. The minimum absolute atomic E-state index is 0.0419. The second-order valence-corrected chi connectivity index (χ2v) is 11.7. The van der Waals surface area contributed by atoms with Crippen LogP contribution < -0.4 is 5.69 Å². The monoisotopic (exact) mass is 525 g/mol. The molecule has 0 atom stereocenters. The largest absolute Gasteiger partial charge is 0.380 e. The summed E-state index contributed by atoms with van der Waals surface area (Å²) in [5, 5.41) is 15.2. The second-order valence-electron chi connectivity index (χ2n) is 11.7. The normalized spacial score (nSPS) is 14.8. The highest BCUT2D eigenvalue weighted by molar-refractivity contribution is 5.64. The Morgan fingerprint density at radius 2 is 1.46 bits per heavy atom. The number of ether oxygens (including phenoxy) is 1. The molecule has 0 bridgehead atoms.